The van der Waals surface area contributed by atoms with Crippen molar-refractivity contribution in [3.63, 3.8) is 0 Å². The van der Waals surface area contributed by atoms with Gasteiger partial charge in [0.05, 0.1) is 16.9 Å². The van der Waals surface area contributed by atoms with Gasteiger partial charge in [-0.2, -0.15) is 0 Å². The van der Waals surface area contributed by atoms with Crippen LogP contribution in [0.25, 0.3) is 49.7 Å². The predicted molar refractivity (Wildman–Crippen MR) is 188 cm³/mol. The number of aromatic nitrogens is 2. The third-order valence-electron chi connectivity index (χ3n) is 8.69. The van der Waals surface area contributed by atoms with Crippen molar-refractivity contribution in [3.05, 3.63) is 106 Å². The second-order valence-corrected chi connectivity index (χ2v) is 12.7. The number of halogens is 1. The van der Waals surface area contributed by atoms with E-state index in [4.69, 9.17) is 4.98 Å². The molecule has 3 nitrogen and oxygen atoms in total. The Balaban J connectivity index is 0.000000834. The van der Waals surface area contributed by atoms with E-state index in [1.807, 2.05) is 12.1 Å². The van der Waals surface area contributed by atoms with Gasteiger partial charge in [0.2, 0.25) is 0 Å². The zero-order chi connectivity index (χ0) is 31.2. The molecule has 4 heteroatoms. The normalized spacial score (nSPS) is 11.5. The predicted octanol–water partition coefficient (Wildman–Crippen LogP) is 11.0. The van der Waals surface area contributed by atoms with Crippen molar-refractivity contribution in [2.24, 2.45) is 0 Å². The molecule has 0 unspecified atom stereocenters. The van der Waals surface area contributed by atoms with Crippen LogP contribution in [-0.2, 0) is 5.67 Å². The number of rotatable bonds is 4. The molecule has 0 aliphatic heterocycles. The zero-order valence-corrected chi connectivity index (χ0v) is 28.0. The molecular weight excluding hydrogens is 543 g/mol. The molecule has 6 aromatic rings. The van der Waals surface area contributed by atoms with E-state index in [1.54, 1.807) is 13.8 Å². The largest absolute Gasteiger partial charge is 0.412 e. The van der Waals surface area contributed by atoms with Crippen molar-refractivity contribution in [3.8, 4) is 22.4 Å². The number of imidazole rings is 1. The lowest BCUT2D eigenvalue weighted by Crippen LogP contribution is -2.10. The van der Waals surface area contributed by atoms with Gasteiger partial charge in [0.1, 0.15) is 11.3 Å². The van der Waals surface area contributed by atoms with E-state index in [-0.39, 0.29) is 5.48 Å². The molecule has 0 aliphatic carbocycles. The van der Waals surface area contributed by atoms with Gasteiger partial charge in [-0.25, -0.2) is 9.37 Å². The van der Waals surface area contributed by atoms with Crippen molar-refractivity contribution in [2.75, 3.05) is 0 Å². The van der Waals surface area contributed by atoms with Gasteiger partial charge in [-0.3, -0.25) is 4.40 Å². The Kier molecular flexibility index (Phi) is 9.37. The highest BCUT2D eigenvalue weighted by molar-refractivity contribution is 6.14. The lowest BCUT2D eigenvalue weighted by Gasteiger charge is -2.21. The number of benzene rings is 4. The molecule has 4 aromatic carbocycles. The van der Waals surface area contributed by atoms with E-state index in [1.165, 1.54) is 57.3 Å². The van der Waals surface area contributed by atoms with E-state index >= 15 is 4.39 Å². The summed E-state index contributed by atoms with van der Waals surface area (Å²) in [5, 5.41) is 3.01. The second kappa shape index (κ2) is 12.5. The van der Waals surface area contributed by atoms with E-state index in [2.05, 4.69) is 114 Å². The van der Waals surface area contributed by atoms with Crippen LogP contribution in [0.1, 0.15) is 79.6 Å². The minimum Gasteiger partial charge on any atom is -0.412 e. The van der Waals surface area contributed by atoms with Crippen molar-refractivity contribution in [1.82, 2.24) is 9.38 Å². The smallest absolute Gasteiger partial charge is 0.146 e. The molecule has 0 bridgehead atoms. The van der Waals surface area contributed by atoms with Gasteiger partial charge in [-0.1, -0.05) is 92.9 Å². The molecule has 0 radical (unpaired) electrons. The molecule has 0 atom stereocenters. The van der Waals surface area contributed by atoms with Gasteiger partial charge in [-0.05, 0) is 100 Å². The summed E-state index contributed by atoms with van der Waals surface area (Å²) >= 11 is 0. The summed E-state index contributed by atoms with van der Waals surface area (Å²) in [5.74, 6) is 0. The summed E-state index contributed by atoms with van der Waals surface area (Å²) in [7, 11) is 0. The highest BCUT2D eigenvalue weighted by Gasteiger charge is 2.27. The highest BCUT2D eigenvalue weighted by Crippen LogP contribution is 2.42. The first kappa shape index (κ1) is 32.9. The van der Waals surface area contributed by atoms with Crippen molar-refractivity contribution in [2.45, 2.75) is 87.7 Å². The van der Waals surface area contributed by atoms with Crippen LogP contribution < -0.4 is 0 Å². The number of pyridine rings is 1. The van der Waals surface area contributed by atoms with E-state index in [9.17, 15) is 0 Å². The lowest BCUT2D eigenvalue weighted by atomic mass is 9.91. The molecule has 0 aliphatic rings. The Bertz CT molecular complexity index is 1950. The number of unbranched alkanes of at least 4 members (excludes halogenated alkanes) is 1. The van der Waals surface area contributed by atoms with Crippen LogP contribution in [0, 0.1) is 41.5 Å². The minimum absolute atomic E-state index is 0. The third kappa shape index (κ3) is 5.64. The topological polar surface area (TPSA) is 48.8 Å². The number of hydrogen-bond donors (Lipinski definition) is 0. The Morgan fingerprint density at radius 2 is 1.30 bits per heavy atom. The molecule has 0 saturated carbocycles. The van der Waals surface area contributed by atoms with Crippen LogP contribution in [0.2, 0.25) is 0 Å². The zero-order valence-electron chi connectivity index (χ0n) is 28.0. The van der Waals surface area contributed by atoms with Crippen LogP contribution in [-0.4, -0.2) is 14.9 Å². The Morgan fingerprint density at radius 3 is 1.86 bits per heavy atom. The maximum atomic E-state index is 15.7. The lowest BCUT2D eigenvalue weighted by molar-refractivity contribution is 0.224. The first-order chi connectivity index (χ1) is 20.4. The SMILES string of the molecule is CCCC.Cc1cc(C)c(-c2c(C)nc3c4c(C(C)(C)F)cccc4c4ccc(-c5c(C)cccc5C)cc4n23)c(C)c1.O. The van der Waals surface area contributed by atoms with Crippen molar-refractivity contribution >= 4 is 27.3 Å². The third-order valence-corrected chi connectivity index (χ3v) is 8.69. The van der Waals surface area contributed by atoms with Crippen LogP contribution >= 0.6 is 0 Å². The average molecular weight is 591 g/mol. The van der Waals surface area contributed by atoms with Gasteiger partial charge in [0, 0.05) is 21.9 Å². The number of aryl methyl sites for hydroxylation is 6. The molecule has 230 valence electrons. The fourth-order valence-electron chi connectivity index (χ4n) is 6.66. The second-order valence-electron chi connectivity index (χ2n) is 12.7. The van der Waals surface area contributed by atoms with Crippen LogP contribution in [0.4, 0.5) is 4.39 Å². The van der Waals surface area contributed by atoms with E-state index in [0.717, 1.165) is 38.7 Å². The maximum Gasteiger partial charge on any atom is 0.146 e. The molecule has 0 fully saturated rings. The molecular formula is C40H47FN2O. The standard InChI is InChI=1S/C36H35FN2.C4H10.H2O/c1-20-17-23(4)32(24(5)18-20)34-25(6)38-35-33-28(13-10-14-29(33)36(7,8)37)27-16-15-26(19-30(27)39(34)35)31-21(2)11-9-12-22(31)3;1-3-4-2;/h9-19H,1-8H3;3-4H2,1-2H3;1H2. The monoisotopic (exact) mass is 590 g/mol. The van der Waals surface area contributed by atoms with Gasteiger partial charge in [-0.15, -0.1) is 0 Å². The first-order valence-corrected chi connectivity index (χ1v) is 15.6. The Labute approximate surface area is 262 Å². The quantitative estimate of drug-likeness (QED) is 0.188. The molecule has 2 heterocycles. The molecule has 6 rings (SSSR count). The van der Waals surface area contributed by atoms with Gasteiger partial charge < -0.3 is 5.48 Å². The molecule has 0 amide bonds. The Hall–Kier alpha value is -4.02. The number of alkyl halides is 1. The van der Waals surface area contributed by atoms with Crippen molar-refractivity contribution in [1.29, 1.82) is 0 Å². The fraction of sp³-hybridized carbons (Fsp3) is 0.325. The van der Waals surface area contributed by atoms with Crippen LogP contribution in [0.5, 0.6) is 0 Å². The first-order valence-electron chi connectivity index (χ1n) is 15.6. The molecule has 2 N–H and O–H groups in total. The van der Waals surface area contributed by atoms with E-state index < -0.39 is 5.67 Å². The Morgan fingerprint density at radius 1 is 0.705 bits per heavy atom. The average Bonchev–Trinajstić information content (AvgIpc) is 3.28. The van der Waals surface area contributed by atoms with Crippen LogP contribution in [0.15, 0.2) is 66.7 Å². The van der Waals surface area contributed by atoms with Crippen LogP contribution in [0.3, 0.4) is 0 Å². The van der Waals surface area contributed by atoms with Gasteiger partial charge >= 0.3 is 0 Å². The summed E-state index contributed by atoms with van der Waals surface area (Å²) < 4.78 is 18.0. The highest BCUT2D eigenvalue weighted by atomic mass is 19.1. The summed E-state index contributed by atoms with van der Waals surface area (Å²) in [6.07, 6.45) is 2.64. The summed E-state index contributed by atoms with van der Waals surface area (Å²) in [4.78, 5) is 5.18. The van der Waals surface area contributed by atoms with Gasteiger partial charge in [0.25, 0.3) is 0 Å². The fourth-order valence-corrected chi connectivity index (χ4v) is 6.66. The van der Waals surface area contributed by atoms with Gasteiger partial charge in [0.15, 0.2) is 0 Å². The molecule has 0 spiro atoms. The molecule has 44 heavy (non-hydrogen) atoms. The minimum atomic E-state index is -1.51. The van der Waals surface area contributed by atoms with Crippen molar-refractivity contribution < 1.29 is 9.87 Å². The summed E-state index contributed by atoms with van der Waals surface area (Å²) in [6, 6.07) is 23.6. The van der Waals surface area contributed by atoms with E-state index in [0.29, 0.717) is 5.56 Å². The number of hydrogen-bond acceptors (Lipinski definition) is 1. The summed E-state index contributed by atoms with van der Waals surface area (Å²) in [5.41, 5.74) is 12.9. The molecule has 0 saturated heterocycles. The maximum absolute atomic E-state index is 15.7. The molecule has 2 aromatic heterocycles. The summed E-state index contributed by atoms with van der Waals surface area (Å²) in [6.45, 7) is 20.5. The number of fused-ring (bicyclic) bond motifs is 6. The number of nitrogens with zero attached hydrogens (tertiary/aromatic N) is 2.